The minimum absolute atomic E-state index is 0.0146. The zero-order valence-electron chi connectivity index (χ0n) is 10.6. The highest BCUT2D eigenvalue weighted by Gasteiger charge is 2.06. The molecule has 0 fully saturated rings. The number of carbonyl (C=O) groups is 1. The standard InChI is InChI=1S/C13H15FN4O/c1-9-4-6-16-18(9)7-5-13(19)17-10-2-3-11(14)12(15)8-10/h2-4,6,8H,5,7,15H2,1H3,(H,17,19). The fourth-order valence-electron chi connectivity index (χ4n) is 1.69. The molecule has 1 amide bonds. The number of aryl methyl sites for hydroxylation is 2. The summed E-state index contributed by atoms with van der Waals surface area (Å²) in [7, 11) is 0. The predicted molar refractivity (Wildman–Crippen MR) is 71.0 cm³/mol. The normalized spacial score (nSPS) is 10.4. The summed E-state index contributed by atoms with van der Waals surface area (Å²) in [5.74, 6) is -0.661. The molecule has 0 saturated carbocycles. The number of halogens is 1. The number of nitrogens with two attached hydrogens (primary N) is 1. The minimum atomic E-state index is -0.495. The Morgan fingerprint density at radius 3 is 2.89 bits per heavy atom. The highest BCUT2D eigenvalue weighted by Crippen LogP contribution is 2.16. The maximum absolute atomic E-state index is 13.0. The summed E-state index contributed by atoms with van der Waals surface area (Å²) >= 11 is 0. The van der Waals surface area contributed by atoms with Crippen LogP contribution in [0.2, 0.25) is 0 Å². The van der Waals surface area contributed by atoms with E-state index in [1.807, 2.05) is 13.0 Å². The van der Waals surface area contributed by atoms with Crippen LogP contribution in [0.15, 0.2) is 30.5 Å². The van der Waals surface area contributed by atoms with E-state index in [4.69, 9.17) is 5.73 Å². The summed E-state index contributed by atoms with van der Waals surface area (Å²) < 4.78 is 14.7. The molecule has 0 spiro atoms. The van der Waals surface area contributed by atoms with Crippen molar-refractivity contribution in [1.82, 2.24) is 9.78 Å². The van der Waals surface area contributed by atoms with Crippen molar-refractivity contribution in [3.8, 4) is 0 Å². The van der Waals surface area contributed by atoms with Gasteiger partial charge in [0, 0.05) is 30.5 Å². The summed E-state index contributed by atoms with van der Waals surface area (Å²) in [6, 6.07) is 5.97. The number of nitrogen functional groups attached to an aromatic ring is 1. The van der Waals surface area contributed by atoms with Crippen LogP contribution in [-0.2, 0) is 11.3 Å². The number of rotatable bonds is 4. The summed E-state index contributed by atoms with van der Waals surface area (Å²) in [4.78, 5) is 11.7. The van der Waals surface area contributed by atoms with Crippen LogP contribution in [0.1, 0.15) is 12.1 Å². The molecule has 0 aliphatic rings. The Balaban J connectivity index is 1.91. The molecular formula is C13H15FN4O. The van der Waals surface area contributed by atoms with Gasteiger partial charge in [-0.2, -0.15) is 5.10 Å². The molecular weight excluding hydrogens is 247 g/mol. The van der Waals surface area contributed by atoms with Crippen molar-refractivity contribution in [3.63, 3.8) is 0 Å². The third-order valence-corrected chi connectivity index (χ3v) is 2.76. The van der Waals surface area contributed by atoms with Crippen molar-refractivity contribution in [2.45, 2.75) is 19.9 Å². The molecule has 3 N–H and O–H groups in total. The number of anilines is 2. The number of nitrogens with one attached hydrogen (secondary N) is 1. The van der Waals surface area contributed by atoms with E-state index in [9.17, 15) is 9.18 Å². The van der Waals surface area contributed by atoms with E-state index in [0.29, 0.717) is 18.7 Å². The monoisotopic (exact) mass is 262 g/mol. The molecule has 2 aromatic rings. The highest BCUT2D eigenvalue weighted by atomic mass is 19.1. The number of hydrogen-bond acceptors (Lipinski definition) is 3. The Bertz CT molecular complexity index is 594. The second-order valence-electron chi connectivity index (χ2n) is 4.23. The fraction of sp³-hybridized carbons (Fsp3) is 0.231. The lowest BCUT2D eigenvalue weighted by Gasteiger charge is -2.07. The molecule has 100 valence electrons. The number of amides is 1. The van der Waals surface area contributed by atoms with Crippen molar-refractivity contribution < 1.29 is 9.18 Å². The van der Waals surface area contributed by atoms with E-state index in [2.05, 4.69) is 10.4 Å². The van der Waals surface area contributed by atoms with E-state index in [0.717, 1.165) is 5.69 Å². The summed E-state index contributed by atoms with van der Waals surface area (Å²) in [5.41, 5.74) is 6.93. The smallest absolute Gasteiger partial charge is 0.226 e. The van der Waals surface area contributed by atoms with Crippen LogP contribution in [0.25, 0.3) is 0 Å². The lowest BCUT2D eigenvalue weighted by atomic mass is 10.2. The van der Waals surface area contributed by atoms with Gasteiger partial charge < -0.3 is 11.1 Å². The van der Waals surface area contributed by atoms with Crippen molar-refractivity contribution in [1.29, 1.82) is 0 Å². The molecule has 0 saturated heterocycles. The number of hydrogen-bond donors (Lipinski definition) is 2. The number of nitrogens with zero attached hydrogens (tertiary/aromatic N) is 2. The first-order valence-corrected chi connectivity index (χ1v) is 5.89. The molecule has 1 aromatic carbocycles. The molecule has 0 bridgehead atoms. The van der Waals surface area contributed by atoms with Gasteiger partial charge in [-0.05, 0) is 31.2 Å². The Morgan fingerprint density at radius 2 is 2.26 bits per heavy atom. The van der Waals surface area contributed by atoms with Crippen LogP contribution in [-0.4, -0.2) is 15.7 Å². The predicted octanol–water partition coefficient (Wildman–Crippen LogP) is 1.94. The largest absolute Gasteiger partial charge is 0.396 e. The number of carbonyl (C=O) groups excluding carboxylic acids is 1. The average Bonchev–Trinajstić information content (AvgIpc) is 2.77. The van der Waals surface area contributed by atoms with Crippen LogP contribution in [0.4, 0.5) is 15.8 Å². The van der Waals surface area contributed by atoms with Gasteiger partial charge in [0.05, 0.1) is 5.69 Å². The zero-order valence-corrected chi connectivity index (χ0v) is 10.6. The third kappa shape index (κ3) is 3.31. The van der Waals surface area contributed by atoms with Crippen LogP contribution in [0.3, 0.4) is 0 Å². The van der Waals surface area contributed by atoms with E-state index >= 15 is 0 Å². The Labute approximate surface area is 110 Å². The molecule has 5 nitrogen and oxygen atoms in total. The SMILES string of the molecule is Cc1ccnn1CCC(=O)Nc1ccc(F)c(N)c1. The fourth-order valence-corrected chi connectivity index (χ4v) is 1.69. The molecule has 0 aliphatic carbocycles. The van der Waals surface area contributed by atoms with Gasteiger partial charge in [-0.25, -0.2) is 4.39 Å². The molecule has 6 heteroatoms. The van der Waals surface area contributed by atoms with Crippen LogP contribution in [0.5, 0.6) is 0 Å². The Hall–Kier alpha value is -2.37. The quantitative estimate of drug-likeness (QED) is 0.827. The van der Waals surface area contributed by atoms with Gasteiger partial charge in [-0.1, -0.05) is 0 Å². The minimum Gasteiger partial charge on any atom is -0.396 e. The maximum Gasteiger partial charge on any atom is 0.226 e. The molecule has 2 rings (SSSR count). The molecule has 0 atom stereocenters. The van der Waals surface area contributed by atoms with Crippen molar-refractivity contribution in [2.75, 3.05) is 11.1 Å². The van der Waals surface area contributed by atoms with Crippen molar-refractivity contribution >= 4 is 17.3 Å². The lowest BCUT2D eigenvalue weighted by molar-refractivity contribution is -0.116. The van der Waals surface area contributed by atoms with Crippen molar-refractivity contribution in [3.05, 3.63) is 42.0 Å². The van der Waals surface area contributed by atoms with E-state index in [1.165, 1.54) is 18.2 Å². The topological polar surface area (TPSA) is 72.9 Å². The molecule has 0 unspecified atom stereocenters. The summed E-state index contributed by atoms with van der Waals surface area (Å²) in [6.45, 7) is 2.42. The lowest BCUT2D eigenvalue weighted by Crippen LogP contribution is -2.15. The van der Waals surface area contributed by atoms with Gasteiger partial charge in [0.1, 0.15) is 5.82 Å². The van der Waals surface area contributed by atoms with E-state index in [1.54, 1.807) is 10.9 Å². The molecule has 19 heavy (non-hydrogen) atoms. The van der Waals surface area contributed by atoms with Crippen LogP contribution in [0, 0.1) is 12.7 Å². The number of aromatic nitrogens is 2. The second-order valence-corrected chi connectivity index (χ2v) is 4.23. The first-order valence-electron chi connectivity index (χ1n) is 5.89. The Kier molecular flexibility index (Phi) is 3.79. The molecule has 0 radical (unpaired) electrons. The number of benzene rings is 1. The maximum atomic E-state index is 13.0. The van der Waals surface area contributed by atoms with Gasteiger partial charge in [0.2, 0.25) is 5.91 Å². The van der Waals surface area contributed by atoms with Crippen molar-refractivity contribution in [2.24, 2.45) is 0 Å². The van der Waals surface area contributed by atoms with E-state index in [-0.39, 0.29) is 11.6 Å². The third-order valence-electron chi connectivity index (χ3n) is 2.76. The molecule has 1 heterocycles. The zero-order chi connectivity index (χ0) is 13.8. The molecule has 1 aromatic heterocycles. The first-order chi connectivity index (χ1) is 9.06. The summed E-state index contributed by atoms with van der Waals surface area (Å²) in [5, 5.41) is 6.75. The van der Waals surface area contributed by atoms with E-state index < -0.39 is 5.82 Å². The Morgan fingerprint density at radius 1 is 1.47 bits per heavy atom. The van der Waals surface area contributed by atoms with Gasteiger partial charge in [-0.3, -0.25) is 9.48 Å². The van der Waals surface area contributed by atoms with Gasteiger partial charge in [0.25, 0.3) is 0 Å². The first kappa shape index (κ1) is 13.1. The molecule has 0 aliphatic heterocycles. The summed E-state index contributed by atoms with van der Waals surface area (Å²) in [6.07, 6.45) is 1.98. The average molecular weight is 262 g/mol. The van der Waals surface area contributed by atoms with Crippen LogP contribution >= 0.6 is 0 Å². The van der Waals surface area contributed by atoms with Crippen LogP contribution < -0.4 is 11.1 Å². The highest BCUT2D eigenvalue weighted by molar-refractivity contribution is 5.91. The van der Waals surface area contributed by atoms with Gasteiger partial charge >= 0.3 is 0 Å². The second kappa shape index (κ2) is 5.51. The van der Waals surface area contributed by atoms with Gasteiger partial charge in [0.15, 0.2) is 0 Å². The van der Waals surface area contributed by atoms with Gasteiger partial charge in [-0.15, -0.1) is 0 Å².